The van der Waals surface area contributed by atoms with E-state index in [0.29, 0.717) is 13.0 Å². The summed E-state index contributed by atoms with van der Waals surface area (Å²) < 4.78 is 2.69. The number of rotatable bonds is 3. The van der Waals surface area contributed by atoms with Crippen molar-refractivity contribution >= 4 is 22.6 Å². The Hall–Kier alpha value is -0.360. The van der Waals surface area contributed by atoms with E-state index in [1.165, 1.54) is 0 Å². The molecule has 0 aliphatic carbocycles. The van der Waals surface area contributed by atoms with Gasteiger partial charge in [0.2, 0.25) is 0 Å². The molecule has 0 radical (unpaired) electrons. The van der Waals surface area contributed by atoms with Gasteiger partial charge in [-0.1, -0.05) is 0 Å². The van der Waals surface area contributed by atoms with Crippen LogP contribution in [-0.4, -0.2) is 16.3 Å². The van der Waals surface area contributed by atoms with E-state index in [9.17, 15) is 4.79 Å². The summed E-state index contributed by atoms with van der Waals surface area (Å²) in [5.41, 5.74) is 0.790. The zero-order valence-corrected chi connectivity index (χ0v) is 9.61. The van der Waals surface area contributed by atoms with Crippen molar-refractivity contribution in [2.45, 2.75) is 19.9 Å². The highest BCUT2D eigenvalue weighted by molar-refractivity contribution is 14.1. The molecule has 0 unspecified atom stereocenters. The first-order valence-electron chi connectivity index (χ1n) is 4.12. The molecule has 3 nitrogen and oxygen atoms in total. The predicted octanol–water partition coefficient (Wildman–Crippen LogP) is 1.14. The molecule has 1 aromatic rings. The van der Waals surface area contributed by atoms with Gasteiger partial charge in [-0.2, -0.15) is 0 Å². The Balaban J connectivity index is 2.99. The summed E-state index contributed by atoms with van der Waals surface area (Å²) in [7, 11) is 0. The summed E-state index contributed by atoms with van der Waals surface area (Å²) in [5.74, 6) is 0. The molecule has 0 aliphatic rings. The summed E-state index contributed by atoms with van der Waals surface area (Å²) in [4.78, 5) is 11.5. The highest BCUT2D eigenvalue weighted by Crippen LogP contribution is 2.03. The Labute approximate surface area is 90.5 Å². The fourth-order valence-corrected chi connectivity index (χ4v) is 1.95. The molecule has 0 saturated carbocycles. The molecule has 0 aromatic carbocycles. The number of aliphatic hydroxyl groups excluding tert-OH is 1. The number of aliphatic hydroxyl groups is 1. The number of aromatic nitrogens is 1. The van der Waals surface area contributed by atoms with Crippen molar-refractivity contribution in [1.29, 1.82) is 0 Å². The van der Waals surface area contributed by atoms with Gasteiger partial charge in [0.15, 0.2) is 0 Å². The molecule has 1 N–H and O–H groups in total. The second-order valence-corrected chi connectivity index (χ2v) is 4.16. The van der Waals surface area contributed by atoms with E-state index in [1.807, 2.05) is 12.3 Å². The highest BCUT2D eigenvalue weighted by atomic mass is 127. The maximum Gasteiger partial charge on any atom is 0.253 e. The van der Waals surface area contributed by atoms with Crippen molar-refractivity contribution in [3.8, 4) is 0 Å². The number of hydrogen-bond donors (Lipinski definition) is 1. The molecule has 0 atom stereocenters. The summed E-state index contributed by atoms with van der Waals surface area (Å²) in [6.45, 7) is 2.52. The smallest absolute Gasteiger partial charge is 0.253 e. The number of halogens is 1. The Morgan fingerprint density at radius 1 is 1.62 bits per heavy atom. The van der Waals surface area contributed by atoms with E-state index in [2.05, 4.69) is 22.6 Å². The summed E-state index contributed by atoms with van der Waals surface area (Å²) in [5, 5.41) is 8.64. The molecule has 0 fully saturated rings. The zero-order valence-electron chi connectivity index (χ0n) is 7.46. The molecule has 4 heteroatoms. The van der Waals surface area contributed by atoms with Gasteiger partial charge in [0.25, 0.3) is 5.56 Å². The Morgan fingerprint density at radius 3 is 2.92 bits per heavy atom. The van der Waals surface area contributed by atoms with Crippen molar-refractivity contribution in [3.63, 3.8) is 0 Å². The van der Waals surface area contributed by atoms with Gasteiger partial charge in [-0.3, -0.25) is 4.79 Å². The van der Waals surface area contributed by atoms with E-state index < -0.39 is 0 Å². The average Bonchev–Trinajstić information content (AvgIpc) is 2.09. The molecular weight excluding hydrogens is 281 g/mol. The fourth-order valence-electron chi connectivity index (χ4n) is 1.15. The van der Waals surface area contributed by atoms with Crippen LogP contribution in [0.1, 0.15) is 12.0 Å². The Bertz CT molecular complexity index is 346. The van der Waals surface area contributed by atoms with Gasteiger partial charge >= 0.3 is 0 Å². The van der Waals surface area contributed by atoms with Crippen LogP contribution in [0.25, 0.3) is 0 Å². The monoisotopic (exact) mass is 293 g/mol. The molecule has 1 rings (SSSR count). The minimum absolute atomic E-state index is 0.0360. The molecule has 13 heavy (non-hydrogen) atoms. The van der Waals surface area contributed by atoms with Crippen molar-refractivity contribution < 1.29 is 5.11 Å². The van der Waals surface area contributed by atoms with E-state index in [4.69, 9.17) is 5.11 Å². The summed E-state index contributed by atoms with van der Waals surface area (Å²) >= 11 is 2.18. The molecule has 0 spiro atoms. The summed E-state index contributed by atoms with van der Waals surface area (Å²) in [6, 6.07) is 1.86. The van der Waals surface area contributed by atoms with Crippen LogP contribution >= 0.6 is 22.6 Å². The lowest BCUT2D eigenvalue weighted by atomic mass is 10.3. The largest absolute Gasteiger partial charge is 0.396 e. The molecule has 0 saturated heterocycles. The Morgan fingerprint density at radius 2 is 2.31 bits per heavy atom. The Kier molecular flexibility index (Phi) is 3.92. The summed E-state index contributed by atoms with van der Waals surface area (Å²) in [6.07, 6.45) is 2.44. The van der Waals surface area contributed by atoms with Crippen molar-refractivity contribution in [2.24, 2.45) is 0 Å². The third-order valence-corrected chi connectivity index (χ3v) is 2.38. The lowest BCUT2D eigenvalue weighted by molar-refractivity contribution is 0.279. The van der Waals surface area contributed by atoms with Crippen molar-refractivity contribution in [2.75, 3.05) is 6.61 Å². The van der Waals surface area contributed by atoms with E-state index in [0.717, 1.165) is 9.13 Å². The first-order valence-corrected chi connectivity index (χ1v) is 5.20. The van der Waals surface area contributed by atoms with E-state index in [1.54, 1.807) is 11.5 Å². The second-order valence-electron chi connectivity index (χ2n) is 2.92. The standard InChI is InChI=1S/C9H12INO2/c1-7-5-8(10)6-11(9(7)13)3-2-4-12/h5-6,12H,2-4H2,1H3. The zero-order chi connectivity index (χ0) is 9.84. The average molecular weight is 293 g/mol. The predicted molar refractivity (Wildman–Crippen MR) is 59.9 cm³/mol. The first kappa shape index (κ1) is 10.7. The topological polar surface area (TPSA) is 42.2 Å². The van der Waals surface area contributed by atoms with Gasteiger partial charge in [-0.25, -0.2) is 0 Å². The van der Waals surface area contributed by atoms with Crippen LogP contribution in [0.5, 0.6) is 0 Å². The quantitative estimate of drug-likeness (QED) is 0.849. The minimum Gasteiger partial charge on any atom is -0.396 e. The molecular formula is C9H12INO2. The van der Waals surface area contributed by atoms with Gasteiger partial charge < -0.3 is 9.67 Å². The van der Waals surface area contributed by atoms with E-state index in [-0.39, 0.29) is 12.2 Å². The van der Waals surface area contributed by atoms with Crippen LogP contribution in [0.2, 0.25) is 0 Å². The molecule has 1 heterocycles. The minimum atomic E-state index is 0.0360. The second kappa shape index (κ2) is 4.76. The van der Waals surface area contributed by atoms with Crippen LogP contribution in [-0.2, 0) is 6.54 Å². The van der Waals surface area contributed by atoms with Crippen molar-refractivity contribution in [3.05, 3.63) is 31.8 Å². The number of pyridine rings is 1. The molecule has 0 aliphatic heterocycles. The molecule has 1 aromatic heterocycles. The number of nitrogens with zero attached hydrogens (tertiary/aromatic N) is 1. The van der Waals surface area contributed by atoms with Crippen LogP contribution in [0.15, 0.2) is 17.1 Å². The molecule has 0 amide bonds. The fraction of sp³-hybridized carbons (Fsp3) is 0.444. The number of hydrogen-bond acceptors (Lipinski definition) is 2. The van der Waals surface area contributed by atoms with Crippen LogP contribution in [0, 0.1) is 10.5 Å². The molecule has 0 bridgehead atoms. The van der Waals surface area contributed by atoms with Crippen molar-refractivity contribution in [1.82, 2.24) is 4.57 Å². The number of aryl methyl sites for hydroxylation is 2. The maximum absolute atomic E-state index is 11.5. The maximum atomic E-state index is 11.5. The van der Waals surface area contributed by atoms with Gasteiger partial charge in [-0.15, -0.1) is 0 Å². The molecule has 72 valence electrons. The van der Waals surface area contributed by atoms with E-state index >= 15 is 0 Å². The normalized spacial score (nSPS) is 10.4. The SMILES string of the molecule is Cc1cc(I)cn(CCCO)c1=O. The van der Waals surface area contributed by atoms with Crippen LogP contribution in [0.3, 0.4) is 0 Å². The third kappa shape index (κ3) is 2.80. The van der Waals surface area contributed by atoms with Gasteiger partial charge in [-0.05, 0) is 42.0 Å². The lowest BCUT2D eigenvalue weighted by Crippen LogP contribution is -2.22. The van der Waals surface area contributed by atoms with Gasteiger partial charge in [0.05, 0.1) is 0 Å². The van der Waals surface area contributed by atoms with Gasteiger partial charge in [0.1, 0.15) is 0 Å². The lowest BCUT2D eigenvalue weighted by Gasteiger charge is -2.05. The highest BCUT2D eigenvalue weighted by Gasteiger charge is 2.00. The first-order chi connectivity index (χ1) is 6.15. The van der Waals surface area contributed by atoms with Crippen LogP contribution in [0.4, 0.5) is 0 Å². The van der Waals surface area contributed by atoms with Gasteiger partial charge in [0, 0.05) is 28.5 Å². The third-order valence-electron chi connectivity index (χ3n) is 1.79. The van der Waals surface area contributed by atoms with Crippen LogP contribution < -0.4 is 5.56 Å².